The normalized spacial score (nSPS) is 10.6. The van der Waals surface area contributed by atoms with Gasteiger partial charge in [0, 0.05) is 13.1 Å². The maximum absolute atomic E-state index is 11.4. The number of benzene rings is 1. The number of hydrogen-bond acceptors (Lipinski definition) is 3. The summed E-state index contributed by atoms with van der Waals surface area (Å²) >= 11 is 0. The number of nitrogens with zero attached hydrogens (tertiary/aromatic N) is 3. The largest absolute Gasteiger partial charge is 0.356 e. The second kappa shape index (κ2) is 6.37. The first kappa shape index (κ1) is 14.3. The molecule has 1 aromatic carbocycles. The second-order valence-corrected chi connectivity index (χ2v) is 4.77. The number of carbonyl (C=O) groups is 1. The summed E-state index contributed by atoms with van der Waals surface area (Å²) in [6, 6.07) is 9.94. The molecule has 2 aromatic rings. The van der Waals surface area contributed by atoms with Crippen molar-refractivity contribution in [3.63, 3.8) is 0 Å². The fourth-order valence-electron chi connectivity index (χ4n) is 2.40. The van der Waals surface area contributed by atoms with Gasteiger partial charge < -0.3 is 4.90 Å². The van der Waals surface area contributed by atoms with Crippen LogP contribution in [-0.4, -0.2) is 29.2 Å². The van der Waals surface area contributed by atoms with Gasteiger partial charge in [0.05, 0.1) is 16.9 Å². The van der Waals surface area contributed by atoms with Crippen molar-refractivity contribution < 1.29 is 4.79 Å². The summed E-state index contributed by atoms with van der Waals surface area (Å²) in [7, 11) is 0. The quantitative estimate of drug-likeness (QED) is 0.757. The fourth-order valence-corrected chi connectivity index (χ4v) is 2.40. The molecule has 0 aliphatic heterocycles. The Morgan fingerprint density at radius 1 is 1.25 bits per heavy atom. The van der Waals surface area contributed by atoms with Crippen molar-refractivity contribution >= 4 is 12.1 Å². The molecule has 4 nitrogen and oxygen atoms in total. The molecule has 0 saturated heterocycles. The van der Waals surface area contributed by atoms with Crippen molar-refractivity contribution in [1.82, 2.24) is 9.78 Å². The first-order valence-electron chi connectivity index (χ1n) is 7.08. The van der Waals surface area contributed by atoms with Crippen LogP contribution in [0.2, 0.25) is 0 Å². The predicted octanol–water partition coefficient (Wildman–Crippen LogP) is 3.23. The van der Waals surface area contributed by atoms with E-state index in [1.54, 1.807) is 0 Å². The van der Waals surface area contributed by atoms with E-state index in [2.05, 4.69) is 23.8 Å². The highest BCUT2D eigenvalue weighted by Crippen LogP contribution is 2.26. The molecule has 0 aliphatic rings. The van der Waals surface area contributed by atoms with E-state index >= 15 is 0 Å². The molecule has 0 saturated carbocycles. The lowest BCUT2D eigenvalue weighted by molar-refractivity contribution is 0.112. The smallest absolute Gasteiger partial charge is 0.155 e. The number of aldehydes is 1. The SMILES string of the molecule is CCCN(CC)c1c(C=O)c(C)nn1-c1ccccc1. The number of carbonyl (C=O) groups excluding carboxylic acids is 1. The van der Waals surface area contributed by atoms with E-state index < -0.39 is 0 Å². The van der Waals surface area contributed by atoms with Gasteiger partial charge in [-0.1, -0.05) is 25.1 Å². The number of hydrogen-bond donors (Lipinski definition) is 0. The third-order valence-corrected chi connectivity index (χ3v) is 3.37. The molecule has 1 heterocycles. The van der Waals surface area contributed by atoms with Crippen molar-refractivity contribution in [2.24, 2.45) is 0 Å². The lowest BCUT2D eigenvalue weighted by Crippen LogP contribution is -2.27. The first-order valence-corrected chi connectivity index (χ1v) is 7.08. The number of aryl methyl sites for hydroxylation is 1. The van der Waals surface area contributed by atoms with Gasteiger partial charge >= 0.3 is 0 Å². The Morgan fingerprint density at radius 3 is 2.50 bits per heavy atom. The minimum atomic E-state index is 0.684. The molecule has 4 heteroatoms. The van der Waals surface area contributed by atoms with Crippen LogP contribution < -0.4 is 4.90 Å². The zero-order valence-corrected chi connectivity index (χ0v) is 12.3. The Balaban J connectivity index is 2.60. The summed E-state index contributed by atoms with van der Waals surface area (Å²) in [5.41, 5.74) is 2.44. The second-order valence-electron chi connectivity index (χ2n) is 4.77. The Morgan fingerprint density at radius 2 is 1.95 bits per heavy atom. The zero-order valence-electron chi connectivity index (χ0n) is 12.3. The average Bonchev–Trinajstić information content (AvgIpc) is 2.82. The van der Waals surface area contributed by atoms with Gasteiger partial charge in [-0.2, -0.15) is 5.10 Å². The summed E-state index contributed by atoms with van der Waals surface area (Å²) < 4.78 is 1.87. The first-order chi connectivity index (χ1) is 9.72. The highest BCUT2D eigenvalue weighted by Gasteiger charge is 2.20. The van der Waals surface area contributed by atoms with Gasteiger partial charge in [-0.25, -0.2) is 4.68 Å². The van der Waals surface area contributed by atoms with Crippen molar-refractivity contribution in [2.75, 3.05) is 18.0 Å². The third kappa shape index (κ3) is 2.59. The monoisotopic (exact) mass is 271 g/mol. The number of para-hydroxylation sites is 1. The van der Waals surface area contributed by atoms with Crippen molar-refractivity contribution in [1.29, 1.82) is 0 Å². The topological polar surface area (TPSA) is 38.1 Å². The molecular formula is C16H21N3O. The minimum absolute atomic E-state index is 0.684. The Hall–Kier alpha value is -2.10. The molecular weight excluding hydrogens is 250 g/mol. The Kier molecular flexibility index (Phi) is 4.56. The van der Waals surface area contributed by atoms with E-state index in [-0.39, 0.29) is 0 Å². The highest BCUT2D eigenvalue weighted by molar-refractivity contribution is 5.85. The molecule has 1 aromatic heterocycles. The molecule has 0 atom stereocenters. The van der Waals surface area contributed by atoms with E-state index in [1.807, 2.05) is 41.9 Å². The molecule has 0 radical (unpaired) electrons. The van der Waals surface area contributed by atoms with E-state index in [0.717, 1.165) is 43.0 Å². The molecule has 2 rings (SSSR count). The molecule has 0 N–H and O–H groups in total. The summed E-state index contributed by atoms with van der Waals surface area (Å²) in [6.45, 7) is 7.88. The van der Waals surface area contributed by atoms with Crippen LogP contribution in [-0.2, 0) is 0 Å². The van der Waals surface area contributed by atoms with Crippen molar-refractivity contribution in [3.05, 3.63) is 41.6 Å². The molecule has 106 valence electrons. The summed E-state index contributed by atoms with van der Waals surface area (Å²) in [5.74, 6) is 0.896. The molecule has 0 bridgehead atoms. The lowest BCUT2D eigenvalue weighted by atomic mass is 10.2. The number of aromatic nitrogens is 2. The molecule has 0 fully saturated rings. The van der Waals surface area contributed by atoms with Crippen LogP contribution in [0.25, 0.3) is 5.69 Å². The van der Waals surface area contributed by atoms with E-state index in [0.29, 0.717) is 5.56 Å². The molecule has 0 unspecified atom stereocenters. The van der Waals surface area contributed by atoms with Gasteiger partial charge in [0.1, 0.15) is 5.82 Å². The summed E-state index contributed by atoms with van der Waals surface area (Å²) in [6.07, 6.45) is 1.95. The van der Waals surface area contributed by atoms with Crippen LogP contribution in [0.4, 0.5) is 5.82 Å². The van der Waals surface area contributed by atoms with Gasteiger partial charge in [-0.3, -0.25) is 4.79 Å². The summed E-state index contributed by atoms with van der Waals surface area (Å²) in [4.78, 5) is 13.6. The van der Waals surface area contributed by atoms with Gasteiger partial charge in [-0.05, 0) is 32.4 Å². The highest BCUT2D eigenvalue weighted by atomic mass is 16.1. The van der Waals surface area contributed by atoms with E-state index in [4.69, 9.17) is 0 Å². The molecule has 20 heavy (non-hydrogen) atoms. The van der Waals surface area contributed by atoms with Crippen LogP contribution in [0.3, 0.4) is 0 Å². The maximum atomic E-state index is 11.4. The molecule has 0 aliphatic carbocycles. The van der Waals surface area contributed by atoms with Crippen LogP contribution in [0, 0.1) is 6.92 Å². The zero-order chi connectivity index (χ0) is 14.5. The van der Waals surface area contributed by atoms with Gasteiger partial charge in [0.15, 0.2) is 6.29 Å². The standard InChI is InChI=1S/C16H21N3O/c1-4-11-18(5-2)16-15(12-20)13(3)17-19(16)14-9-7-6-8-10-14/h6-10,12H,4-5,11H2,1-3H3. The van der Waals surface area contributed by atoms with Crippen LogP contribution in [0.5, 0.6) is 0 Å². The summed E-state index contributed by atoms with van der Waals surface area (Å²) in [5, 5.41) is 4.55. The number of rotatable bonds is 6. The van der Waals surface area contributed by atoms with Crippen LogP contribution in [0.15, 0.2) is 30.3 Å². The Bertz CT molecular complexity index is 575. The van der Waals surface area contributed by atoms with Crippen LogP contribution in [0.1, 0.15) is 36.3 Å². The Labute approximate surface area is 120 Å². The van der Waals surface area contributed by atoms with E-state index in [9.17, 15) is 4.79 Å². The number of anilines is 1. The van der Waals surface area contributed by atoms with Crippen molar-refractivity contribution in [3.8, 4) is 5.69 Å². The van der Waals surface area contributed by atoms with Gasteiger partial charge in [0.2, 0.25) is 0 Å². The maximum Gasteiger partial charge on any atom is 0.155 e. The fraction of sp³-hybridized carbons (Fsp3) is 0.375. The predicted molar refractivity (Wildman–Crippen MR) is 81.9 cm³/mol. The molecule has 0 spiro atoms. The van der Waals surface area contributed by atoms with Crippen molar-refractivity contribution in [2.45, 2.75) is 27.2 Å². The van der Waals surface area contributed by atoms with Gasteiger partial charge in [0.25, 0.3) is 0 Å². The lowest BCUT2D eigenvalue weighted by Gasteiger charge is -2.24. The molecule has 0 amide bonds. The van der Waals surface area contributed by atoms with E-state index in [1.165, 1.54) is 0 Å². The van der Waals surface area contributed by atoms with Crippen LogP contribution >= 0.6 is 0 Å². The van der Waals surface area contributed by atoms with Gasteiger partial charge in [-0.15, -0.1) is 0 Å². The minimum Gasteiger partial charge on any atom is -0.356 e. The average molecular weight is 271 g/mol. The third-order valence-electron chi connectivity index (χ3n) is 3.37.